The molecule has 0 radical (unpaired) electrons. The van der Waals surface area contributed by atoms with E-state index >= 15 is 0 Å². The molecule has 2 aliphatic rings. The van der Waals surface area contributed by atoms with Gasteiger partial charge in [0.15, 0.2) is 23.3 Å². The Kier molecular flexibility index (Phi) is 3.90. The van der Waals surface area contributed by atoms with Crippen LogP contribution in [0.4, 0.5) is 17.6 Å². The van der Waals surface area contributed by atoms with E-state index in [1.54, 1.807) is 6.92 Å². The lowest BCUT2D eigenvalue weighted by Crippen LogP contribution is -2.43. The molecule has 0 spiro atoms. The second-order valence-corrected chi connectivity index (χ2v) is 6.12. The lowest BCUT2D eigenvalue weighted by Gasteiger charge is -2.32. The standard InChI is InChI=1S/C16H15F4NO2/c1-7(8-5-3-2-4-6-8)21-15(22)9-10(16(21)23)12(18)14(20)13(19)11(9)17/h7-8H,2-6H2,1H3/t7-/m1/s1. The van der Waals surface area contributed by atoms with E-state index in [-0.39, 0.29) is 5.92 Å². The Hall–Kier alpha value is -1.92. The van der Waals surface area contributed by atoms with E-state index in [9.17, 15) is 27.2 Å². The Labute approximate surface area is 130 Å². The minimum absolute atomic E-state index is 0.0202. The zero-order valence-corrected chi connectivity index (χ0v) is 12.5. The number of imide groups is 1. The fraction of sp³-hybridized carbons (Fsp3) is 0.500. The zero-order valence-electron chi connectivity index (χ0n) is 12.5. The van der Waals surface area contributed by atoms with Crippen LogP contribution in [0.15, 0.2) is 0 Å². The van der Waals surface area contributed by atoms with E-state index in [4.69, 9.17) is 0 Å². The van der Waals surface area contributed by atoms with Crippen LogP contribution in [0.2, 0.25) is 0 Å². The topological polar surface area (TPSA) is 37.4 Å². The van der Waals surface area contributed by atoms with Crippen molar-refractivity contribution in [2.75, 3.05) is 0 Å². The molecule has 1 aromatic carbocycles. The highest BCUT2D eigenvalue weighted by Gasteiger charge is 2.46. The number of nitrogens with zero attached hydrogens (tertiary/aromatic N) is 1. The first-order chi connectivity index (χ1) is 10.9. The number of hydrogen-bond acceptors (Lipinski definition) is 2. The first kappa shape index (κ1) is 16.0. The largest absolute Gasteiger partial charge is 0.271 e. The van der Waals surface area contributed by atoms with Gasteiger partial charge in [-0.15, -0.1) is 0 Å². The minimum atomic E-state index is -2.07. The summed E-state index contributed by atoms with van der Waals surface area (Å²) in [5, 5.41) is 0. The van der Waals surface area contributed by atoms with Gasteiger partial charge in [0.1, 0.15) is 0 Å². The number of amides is 2. The Morgan fingerprint density at radius 3 is 1.70 bits per heavy atom. The van der Waals surface area contributed by atoms with E-state index < -0.39 is 52.3 Å². The molecular formula is C16H15F4NO2. The fourth-order valence-corrected chi connectivity index (χ4v) is 3.56. The van der Waals surface area contributed by atoms with Gasteiger partial charge < -0.3 is 0 Å². The molecule has 1 aromatic rings. The summed E-state index contributed by atoms with van der Waals surface area (Å²) in [6, 6.07) is -0.576. The number of hydrogen-bond donors (Lipinski definition) is 0. The SMILES string of the molecule is C[C@H](C1CCCCC1)N1C(=O)c2c(F)c(F)c(F)c(F)c2C1=O. The molecule has 1 fully saturated rings. The molecule has 124 valence electrons. The van der Waals surface area contributed by atoms with Crippen molar-refractivity contribution >= 4 is 11.8 Å². The van der Waals surface area contributed by atoms with Crippen LogP contribution in [0.25, 0.3) is 0 Å². The van der Waals surface area contributed by atoms with Gasteiger partial charge in [-0.2, -0.15) is 0 Å². The molecule has 1 atom stereocenters. The van der Waals surface area contributed by atoms with Gasteiger partial charge in [0.25, 0.3) is 11.8 Å². The average Bonchev–Trinajstić information content (AvgIpc) is 2.82. The normalized spacial score (nSPS) is 20.1. The molecule has 23 heavy (non-hydrogen) atoms. The highest BCUT2D eigenvalue weighted by molar-refractivity contribution is 6.21. The lowest BCUT2D eigenvalue weighted by atomic mass is 9.84. The van der Waals surface area contributed by atoms with E-state index in [1.807, 2.05) is 0 Å². The second-order valence-electron chi connectivity index (χ2n) is 6.12. The molecule has 3 rings (SSSR count). The third-order valence-electron chi connectivity index (χ3n) is 4.87. The molecule has 2 amide bonds. The summed E-state index contributed by atoms with van der Waals surface area (Å²) in [7, 11) is 0. The molecule has 1 saturated carbocycles. The number of carbonyl (C=O) groups excluding carboxylic acids is 2. The highest BCUT2D eigenvalue weighted by Crippen LogP contribution is 2.36. The molecule has 0 unspecified atom stereocenters. The number of benzene rings is 1. The fourth-order valence-electron chi connectivity index (χ4n) is 3.56. The van der Waals surface area contributed by atoms with E-state index in [0.29, 0.717) is 0 Å². The van der Waals surface area contributed by atoms with E-state index in [2.05, 4.69) is 0 Å². The van der Waals surface area contributed by atoms with Crippen LogP contribution in [0, 0.1) is 29.2 Å². The Bertz CT molecular complexity index is 651. The first-order valence-electron chi connectivity index (χ1n) is 7.60. The highest BCUT2D eigenvalue weighted by atomic mass is 19.2. The van der Waals surface area contributed by atoms with E-state index in [0.717, 1.165) is 37.0 Å². The Morgan fingerprint density at radius 2 is 1.26 bits per heavy atom. The molecule has 0 N–H and O–H groups in total. The van der Waals surface area contributed by atoms with Crippen LogP contribution in [0.3, 0.4) is 0 Å². The smallest absolute Gasteiger partial charge is 0.265 e. The minimum Gasteiger partial charge on any atom is -0.271 e. The van der Waals surface area contributed by atoms with Crippen LogP contribution in [0.1, 0.15) is 59.7 Å². The maximum absolute atomic E-state index is 13.9. The molecule has 0 aromatic heterocycles. The van der Waals surface area contributed by atoms with Crippen molar-refractivity contribution in [2.24, 2.45) is 5.92 Å². The Balaban J connectivity index is 2.04. The summed E-state index contributed by atoms with van der Waals surface area (Å²) in [6.07, 6.45) is 4.55. The number of carbonyl (C=O) groups is 2. The van der Waals surface area contributed by atoms with Crippen LogP contribution in [-0.4, -0.2) is 22.8 Å². The van der Waals surface area contributed by atoms with Crippen molar-refractivity contribution in [3.8, 4) is 0 Å². The van der Waals surface area contributed by atoms with Crippen molar-refractivity contribution in [2.45, 2.75) is 45.1 Å². The van der Waals surface area contributed by atoms with Gasteiger partial charge in [-0.1, -0.05) is 19.3 Å². The average molecular weight is 329 g/mol. The van der Waals surface area contributed by atoms with Gasteiger partial charge in [0, 0.05) is 6.04 Å². The van der Waals surface area contributed by atoms with Gasteiger partial charge in [-0.3, -0.25) is 14.5 Å². The Morgan fingerprint density at radius 1 is 0.826 bits per heavy atom. The molecule has 1 aliphatic carbocycles. The van der Waals surface area contributed by atoms with E-state index in [1.165, 1.54) is 0 Å². The van der Waals surface area contributed by atoms with Crippen molar-refractivity contribution in [3.63, 3.8) is 0 Å². The van der Waals surface area contributed by atoms with Gasteiger partial charge in [-0.05, 0) is 25.7 Å². The zero-order chi connectivity index (χ0) is 16.9. The summed E-state index contributed by atoms with van der Waals surface area (Å²) in [4.78, 5) is 25.4. The third kappa shape index (κ3) is 2.24. The van der Waals surface area contributed by atoms with Gasteiger partial charge >= 0.3 is 0 Å². The summed E-state index contributed by atoms with van der Waals surface area (Å²) < 4.78 is 54.4. The third-order valence-corrected chi connectivity index (χ3v) is 4.87. The monoisotopic (exact) mass is 329 g/mol. The number of fused-ring (bicyclic) bond motifs is 1. The number of halogens is 4. The molecule has 1 heterocycles. The molecular weight excluding hydrogens is 314 g/mol. The first-order valence-corrected chi connectivity index (χ1v) is 7.60. The van der Waals surface area contributed by atoms with Crippen LogP contribution >= 0.6 is 0 Å². The molecule has 0 saturated heterocycles. The van der Waals surface area contributed by atoms with Gasteiger partial charge in [-0.25, -0.2) is 17.6 Å². The summed E-state index contributed by atoms with van der Waals surface area (Å²) in [5.74, 6) is -9.95. The maximum Gasteiger partial charge on any atom is 0.265 e. The molecule has 3 nitrogen and oxygen atoms in total. The van der Waals surface area contributed by atoms with Crippen LogP contribution in [-0.2, 0) is 0 Å². The van der Waals surface area contributed by atoms with Crippen molar-refractivity contribution in [3.05, 3.63) is 34.4 Å². The summed E-state index contributed by atoms with van der Waals surface area (Å²) in [5.41, 5.74) is -2.01. The van der Waals surface area contributed by atoms with Crippen molar-refractivity contribution in [1.29, 1.82) is 0 Å². The summed E-state index contributed by atoms with van der Waals surface area (Å²) in [6.45, 7) is 1.63. The quantitative estimate of drug-likeness (QED) is 0.358. The van der Waals surface area contributed by atoms with Crippen LogP contribution in [0.5, 0.6) is 0 Å². The van der Waals surface area contributed by atoms with Gasteiger partial charge in [0.2, 0.25) is 0 Å². The predicted octanol–water partition coefficient (Wildman–Crippen LogP) is 3.81. The van der Waals surface area contributed by atoms with Crippen LogP contribution < -0.4 is 0 Å². The second kappa shape index (κ2) is 5.62. The summed E-state index contributed by atoms with van der Waals surface area (Å²) >= 11 is 0. The predicted molar refractivity (Wildman–Crippen MR) is 72.8 cm³/mol. The maximum atomic E-state index is 13.9. The molecule has 0 bridgehead atoms. The number of rotatable bonds is 2. The molecule has 7 heteroatoms. The van der Waals surface area contributed by atoms with Gasteiger partial charge in [0.05, 0.1) is 11.1 Å². The van der Waals surface area contributed by atoms with Crippen molar-refractivity contribution < 1.29 is 27.2 Å². The lowest BCUT2D eigenvalue weighted by molar-refractivity contribution is 0.0517. The molecule has 1 aliphatic heterocycles. The van der Waals surface area contributed by atoms with Crippen molar-refractivity contribution in [1.82, 2.24) is 4.90 Å².